The van der Waals surface area contributed by atoms with Crippen molar-refractivity contribution in [3.63, 3.8) is 0 Å². The maximum atomic E-state index is 13.1. The number of unbranched alkanes of at least 4 members (excludes halogenated alkanes) is 24. The smallest absolute Gasteiger partial charge is 0.409 e. The van der Waals surface area contributed by atoms with Crippen LogP contribution in [0.15, 0.2) is 0 Å². The highest BCUT2D eigenvalue weighted by molar-refractivity contribution is 5.77. The van der Waals surface area contributed by atoms with Gasteiger partial charge in [0.15, 0.2) is 0 Å². The van der Waals surface area contributed by atoms with Crippen LogP contribution in [-0.2, 0) is 28.6 Å². The third-order valence-electron chi connectivity index (χ3n) is 14.5. The molecule has 0 aliphatic heterocycles. The van der Waals surface area contributed by atoms with E-state index in [9.17, 15) is 28.8 Å². The van der Waals surface area contributed by atoms with Crippen LogP contribution >= 0.6 is 0 Å². The van der Waals surface area contributed by atoms with E-state index in [0.29, 0.717) is 97.8 Å². The fraction of sp³-hybridized carbons (Fsp3) is 0.905. The van der Waals surface area contributed by atoms with Crippen LogP contribution in [0.5, 0.6) is 0 Å². The van der Waals surface area contributed by atoms with E-state index in [0.717, 1.165) is 77.0 Å². The third-order valence-corrected chi connectivity index (χ3v) is 14.5. The molecular weight excluding hydrogens is 999 g/mol. The summed E-state index contributed by atoms with van der Waals surface area (Å²) in [5, 5.41) is 8.85. The maximum absolute atomic E-state index is 13.1. The summed E-state index contributed by atoms with van der Waals surface area (Å²) in [6.45, 7) is 20.2. The van der Waals surface area contributed by atoms with Gasteiger partial charge in [0.05, 0.1) is 19.8 Å². The Morgan fingerprint density at radius 2 is 0.468 bits per heavy atom. The molecule has 0 radical (unpaired) electrons. The highest BCUT2D eigenvalue weighted by Crippen LogP contribution is 2.13. The zero-order valence-electron chi connectivity index (χ0n) is 52.0. The summed E-state index contributed by atoms with van der Waals surface area (Å²) in [4.78, 5) is 85.9. The van der Waals surface area contributed by atoms with E-state index >= 15 is 0 Å². The molecule has 16 nitrogen and oxygen atoms in total. The van der Waals surface area contributed by atoms with Crippen molar-refractivity contribution >= 4 is 36.0 Å². The summed E-state index contributed by atoms with van der Waals surface area (Å²) in [6, 6.07) is 0. The number of amides is 6. The first kappa shape index (κ1) is 75.2. The zero-order valence-corrected chi connectivity index (χ0v) is 52.0. The summed E-state index contributed by atoms with van der Waals surface area (Å²) in [6.07, 6.45) is 35.0. The van der Waals surface area contributed by atoms with E-state index in [2.05, 4.69) is 57.5 Å². The molecule has 0 aliphatic rings. The van der Waals surface area contributed by atoms with Crippen molar-refractivity contribution in [3.05, 3.63) is 0 Å². The summed E-state index contributed by atoms with van der Waals surface area (Å²) in [5.41, 5.74) is 0. The first-order valence-corrected chi connectivity index (χ1v) is 32.8. The van der Waals surface area contributed by atoms with Gasteiger partial charge >= 0.3 is 18.3 Å². The van der Waals surface area contributed by atoms with Gasteiger partial charge in [-0.1, -0.05) is 196 Å². The SMILES string of the molecule is CCCCCCCN(CCCCCCC)C(=O)OCCCNC(=O)CCN(CCC(=O)NCCCOC(=O)N(CCCCCCC)CCCCCCC)CCC(=O)NCCCOC(=O)N(CCCCCCC)CCCCCCC. The Balaban J connectivity index is 5.28. The fourth-order valence-electron chi connectivity index (χ4n) is 9.35. The van der Waals surface area contributed by atoms with Gasteiger partial charge in [-0.2, -0.15) is 0 Å². The molecule has 0 fully saturated rings. The van der Waals surface area contributed by atoms with Crippen LogP contribution in [-0.4, -0.2) is 154 Å². The Kier molecular flexibility index (Phi) is 54.6. The molecule has 0 saturated carbocycles. The van der Waals surface area contributed by atoms with Gasteiger partial charge in [0.25, 0.3) is 0 Å². The number of rotatable bonds is 57. The topological polar surface area (TPSA) is 179 Å². The Morgan fingerprint density at radius 3 is 0.671 bits per heavy atom. The molecule has 0 unspecified atom stereocenters. The van der Waals surface area contributed by atoms with Gasteiger partial charge in [-0.15, -0.1) is 0 Å². The molecule has 464 valence electrons. The first-order valence-electron chi connectivity index (χ1n) is 32.8. The van der Waals surface area contributed by atoms with Crippen molar-refractivity contribution in [2.45, 2.75) is 273 Å². The Labute approximate surface area is 483 Å². The minimum Gasteiger partial charge on any atom is -0.449 e. The van der Waals surface area contributed by atoms with Crippen LogP contribution in [0.2, 0.25) is 0 Å². The molecule has 0 aromatic carbocycles. The van der Waals surface area contributed by atoms with Crippen molar-refractivity contribution in [1.29, 1.82) is 0 Å². The van der Waals surface area contributed by atoms with Gasteiger partial charge < -0.3 is 49.8 Å². The largest absolute Gasteiger partial charge is 0.449 e. The van der Waals surface area contributed by atoms with E-state index in [1.807, 2.05) is 19.6 Å². The molecule has 0 bridgehead atoms. The van der Waals surface area contributed by atoms with E-state index in [1.54, 1.807) is 0 Å². The van der Waals surface area contributed by atoms with Crippen molar-refractivity contribution in [1.82, 2.24) is 35.6 Å². The monoisotopic (exact) mass is 1120 g/mol. The van der Waals surface area contributed by atoms with Gasteiger partial charge in [0.2, 0.25) is 17.7 Å². The molecular formula is C63H123N7O9. The minimum atomic E-state index is -0.282. The summed E-state index contributed by atoms with van der Waals surface area (Å²) in [7, 11) is 0. The second-order valence-electron chi connectivity index (χ2n) is 22.0. The number of ether oxygens (including phenoxy) is 3. The van der Waals surface area contributed by atoms with E-state index in [4.69, 9.17) is 14.2 Å². The summed E-state index contributed by atoms with van der Waals surface area (Å²) < 4.78 is 17.0. The average Bonchev–Trinajstić information content (AvgIpc) is 3.44. The normalized spacial score (nSPS) is 11.1. The van der Waals surface area contributed by atoms with Crippen molar-refractivity contribution in [2.24, 2.45) is 0 Å². The van der Waals surface area contributed by atoms with E-state index in [-0.39, 0.29) is 75.1 Å². The molecule has 0 rings (SSSR count). The highest BCUT2D eigenvalue weighted by atomic mass is 16.6. The van der Waals surface area contributed by atoms with Gasteiger partial charge in [-0.3, -0.25) is 14.4 Å². The van der Waals surface area contributed by atoms with Crippen LogP contribution in [0.1, 0.15) is 273 Å². The van der Waals surface area contributed by atoms with E-state index in [1.165, 1.54) is 116 Å². The van der Waals surface area contributed by atoms with Crippen LogP contribution in [0, 0.1) is 0 Å². The van der Waals surface area contributed by atoms with Crippen molar-refractivity contribution in [2.75, 3.05) is 98.4 Å². The van der Waals surface area contributed by atoms with Crippen LogP contribution in [0.25, 0.3) is 0 Å². The summed E-state index contributed by atoms with van der Waals surface area (Å²) in [5.74, 6) is -0.477. The standard InChI is InChI=1S/C63H123N7O9/c1-7-13-19-25-31-46-68(47-32-26-20-14-8-2)61(74)77-55-37-43-64-58(71)40-52-67(53-41-59(72)65-44-38-56-78-62(75)69(48-33-27-21-15-9-3)49-34-28-22-16-10-4)54-42-60(73)66-45-39-57-79-63(76)70(50-35-29-23-17-11-5)51-36-30-24-18-12-6/h7-57H2,1-6H3,(H,64,71)(H,65,72)(H,66,73). The van der Waals surface area contributed by atoms with Gasteiger partial charge in [0, 0.05) is 97.8 Å². The molecule has 0 heterocycles. The van der Waals surface area contributed by atoms with Crippen LogP contribution in [0.4, 0.5) is 14.4 Å². The number of nitrogens with zero attached hydrogens (tertiary/aromatic N) is 4. The number of hydrogen-bond acceptors (Lipinski definition) is 10. The molecule has 16 heteroatoms. The van der Waals surface area contributed by atoms with Crippen molar-refractivity contribution < 1.29 is 43.0 Å². The number of hydrogen-bond donors (Lipinski definition) is 3. The molecule has 0 atom stereocenters. The predicted octanol–water partition coefficient (Wildman–Crippen LogP) is 14.1. The lowest BCUT2D eigenvalue weighted by atomic mass is 10.1. The molecule has 0 aromatic rings. The summed E-state index contributed by atoms with van der Waals surface area (Å²) >= 11 is 0. The minimum absolute atomic E-state index is 0.159. The van der Waals surface area contributed by atoms with Crippen LogP contribution in [0.3, 0.4) is 0 Å². The Hall–Kier alpha value is -3.82. The fourth-order valence-corrected chi connectivity index (χ4v) is 9.35. The highest BCUT2D eigenvalue weighted by Gasteiger charge is 2.18. The van der Waals surface area contributed by atoms with Gasteiger partial charge in [0.1, 0.15) is 0 Å². The molecule has 79 heavy (non-hydrogen) atoms. The lowest BCUT2D eigenvalue weighted by Gasteiger charge is -2.23. The lowest BCUT2D eigenvalue weighted by Crippen LogP contribution is -2.37. The van der Waals surface area contributed by atoms with Gasteiger partial charge in [-0.25, -0.2) is 14.4 Å². The van der Waals surface area contributed by atoms with Gasteiger partial charge in [-0.05, 0) is 57.8 Å². The molecule has 0 aliphatic carbocycles. The lowest BCUT2D eigenvalue weighted by molar-refractivity contribution is -0.121. The quantitative estimate of drug-likeness (QED) is 0.0392. The molecule has 0 saturated heterocycles. The van der Waals surface area contributed by atoms with Crippen LogP contribution < -0.4 is 16.0 Å². The number of carbonyl (C=O) groups excluding carboxylic acids is 6. The predicted molar refractivity (Wildman–Crippen MR) is 324 cm³/mol. The number of carbonyl (C=O) groups is 6. The van der Waals surface area contributed by atoms with Crippen molar-refractivity contribution in [3.8, 4) is 0 Å². The first-order chi connectivity index (χ1) is 38.6. The average molecular weight is 1120 g/mol. The molecule has 3 N–H and O–H groups in total. The number of nitrogens with one attached hydrogen (secondary N) is 3. The zero-order chi connectivity index (χ0) is 58.1. The second-order valence-corrected chi connectivity index (χ2v) is 22.0. The molecule has 0 spiro atoms. The second kappa shape index (κ2) is 57.4. The third kappa shape index (κ3) is 48.6. The molecule has 6 amide bonds. The maximum Gasteiger partial charge on any atom is 0.409 e. The van der Waals surface area contributed by atoms with E-state index < -0.39 is 0 Å². The Morgan fingerprint density at radius 1 is 0.266 bits per heavy atom. The Bertz CT molecular complexity index is 1250. The molecule has 0 aromatic heterocycles.